The zero-order valence-corrected chi connectivity index (χ0v) is 20.6. The smallest absolute Gasteiger partial charge is 0.328 e. The summed E-state index contributed by atoms with van der Waals surface area (Å²) in [5, 5.41) is 20.8. The zero-order valence-electron chi connectivity index (χ0n) is 20.6. The van der Waals surface area contributed by atoms with E-state index < -0.39 is 30.1 Å². The molecule has 0 spiro atoms. The third-order valence-electron chi connectivity index (χ3n) is 8.42. The number of aliphatic carboxylic acids is 1. The van der Waals surface area contributed by atoms with Crippen molar-refractivity contribution in [2.45, 2.75) is 101 Å². The van der Waals surface area contributed by atoms with Crippen LogP contribution >= 0.6 is 0 Å². The van der Waals surface area contributed by atoms with Gasteiger partial charge in [0.15, 0.2) is 11.7 Å². The first-order valence-electron chi connectivity index (χ1n) is 13.4. The lowest BCUT2D eigenvalue weighted by molar-refractivity contribution is -0.140. The standard InChI is InChI=1S/C27H36N4O5/c32-16-22(27(35)36)29-25(33)24-26(34)31(23-11-7-6-10-21(23)28-24)20-14-18-12-13-19(15-20)30(18)17-8-4-2-1-3-5-9-17/h6-7,10-11,17-20,22,32H,1-5,8-9,12-16H2,(H,29,33)(H,35,36). The minimum atomic E-state index is -1.50. The number of carbonyl (C=O) groups is 2. The number of carboxylic acids is 1. The Labute approximate surface area is 210 Å². The third-order valence-corrected chi connectivity index (χ3v) is 8.42. The summed E-state index contributed by atoms with van der Waals surface area (Å²) in [5.74, 6) is -2.25. The molecule has 9 heteroatoms. The third kappa shape index (κ3) is 4.78. The second-order valence-corrected chi connectivity index (χ2v) is 10.6. The maximum absolute atomic E-state index is 13.7. The van der Waals surface area contributed by atoms with Crippen molar-refractivity contribution in [1.29, 1.82) is 0 Å². The van der Waals surface area contributed by atoms with Gasteiger partial charge >= 0.3 is 5.97 Å². The predicted octanol–water partition coefficient (Wildman–Crippen LogP) is 2.85. The van der Waals surface area contributed by atoms with E-state index in [0.717, 1.165) is 25.7 Å². The number of hydrogen-bond donors (Lipinski definition) is 3. The molecule has 2 bridgehead atoms. The van der Waals surface area contributed by atoms with Gasteiger partial charge in [0, 0.05) is 24.2 Å². The number of benzene rings is 1. The van der Waals surface area contributed by atoms with E-state index in [-0.39, 0.29) is 11.7 Å². The summed E-state index contributed by atoms with van der Waals surface area (Å²) in [7, 11) is 0. The van der Waals surface area contributed by atoms with Crippen LogP contribution < -0.4 is 10.9 Å². The number of aromatic nitrogens is 2. The summed E-state index contributed by atoms with van der Waals surface area (Å²) in [6.45, 7) is -0.772. The van der Waals surface area contributed by atoms with Crippen molar-refractivity contribution in [2.75, 3.05) is 6.61 Å². The summed E-state index contributed by atoms with van der Waals surface area (Å²) in [6, 6.07) is 7.24. The van der Waals surface area contributed by atoms with Gasteiger partial charge in [-0.25, -0.2) is 9.78 Å². The zero-order chi connectivity index (χ0) is 25.2. The molecule has 1 aliphatic carbocycles. The Morgan fingerprint density at radius 3 is 2.22 bits per heavy atom. The number of carboxylic acid groups (broad SMARTS) is 1. The van der Waals surface area contributed by atoms with Crippen molar-refractivity contribution < 1.29 is 19.8 Å². The van der Waals surface area contributed by atoms with E-state index in [1.165, 1.54) is 44.9 Å². The number of aliphatic hydroxyl groups is 1. The highest BCUT2D eigenvalue weighted by Crippen LogP contribution is 2.44. The predicted molar refractivity (Wildman–Crippen MR) is 135 cm³/mol. The van der Waals surface area contributed by atoms with Gasteiger partial charge in [-0.05, 0) is 50.7 Å². The van der Waals surface area contributed by atoms with Crippen molar-refractivity contribution in [3.8, 4) is 0 Å². The van der Waals surface area contributed by atoms with E-state index in [2.05, 4.69) is 15.2 Å². The Hall–Kier alpha value is -2.78. The molecular weight excluding hydrogens is 460 g/mol. The van der Waals surface area contributed by atoms with E-state index in [1.54, 1.807) is 16.7 Å². The highest BCUT2D eigenvalue weighted by Gasteiger charge is 2.44. The largest absolute Gasteiger partial charge is 0.480 e. The highest BCUT2D eigenvalue weighted by molar-refractivity contribution is 5.96. The summed E-state index contributed by atoms with van der Waals surface area (Å²) in [4.78, 5) is 45.0. The van der Waals surface area contributed by atoms with Crippen LogP contribution in [-0.4, -0.2) is 67.3 Å². The molecule has 9 nitrogen and oxygen atoms in total. The summed E-state index contributed by atoms with van der Waals surface area (Å²) in [6.07, 6.45) is 13.1. The molecule has 3 fully saturated rings. The van der Waals surface area contributed by atoms with Crippen LogP contribution in [0.5, 0.6) is 0 Å². The van der Waals surface area contributed by atoms with Crippen LogP contribution in [0.25, 0.3) is 11.0 Å². The summed E-state index contributed by atoms with van der Waals surface area (Å²) < 4.78 is 1.73. The van der Waals surface area contributed by atoms with Gasteiger partial charge in [-0.2, -0.15) is 0 Å². The molecule has 3 N–H and O–H groups in total. The van der Waals surface area contributed by atoms with E-state index in [9.17, 15) is 24.6 Å². The van der Waals surface area contributed by atoms with Gasteiger partial charge in [0.25, 0.3) is 11.5 Å². The fourth-order valence-corrected chi connectivity index (χ4v) is 6.80. The number of para-hydroxylation sites is 2. The fourth-order valence-electron chi connectivity index (χ4n) is 6.80. The molecule has 2 aromatic rings. The first-order valence-corrected chi connectivity index (χ1v) is 13.4. The topological polar surface area (TPSA) is 125 Å². The van der Waals surface area contributed by atoms with Crippen molar-refractivity contribution in [2.24, 2.45) is 0 Å². The fraction of sp³-hybridized carbons (Fsp3) is 0.630. The number of carbonyl (C=O) groups excluding carboxylic acids is 1. The number of amides is 1. The van der Waals surface area contributed by atoms with Crippen LogP contribution in [0.4, 0.5) is 0 Å². The van der Waals surface area contributed by atoms with Gasteiger partial charge in [-0.3, -0.25) is 14.5 Å². The van der Waals surface area contributed by atoms with Crippen molar-refractivity contribution in [1.82, 2.24) is 19.8 Å². The van der Waals surface area contributed by atoms with Gasteiger partial charge in [-0.15, -0.1) is 0 Å². The quantitative estimate of drug-likeness (QED) is 0.562. The van der Waals surface area contributed by atoms with Gasteiger partial charge in [0.2, 0.25) is 0 Å². The van der Waals surface area contributed by atoms with Crippen LogP contribution in [0.3, 0.4) is 0 Å². The van der Waals surface area contributed by atoms with Crippen LogP contribution in [0.1, 0.15) is 87.2 Å². The van der Waals surface area contributed by atoms with Crippen LogP contribution in [0.15, 0.2) is 29.1 Å². The molecule has 1 amide bonds. The molecule has 2 saturated heterocycles. The lowest BCUT2D eigenvalue weighted by Gasteiger charge is -2.45. The highest BCUT2D eigenvalue weighted by atomic mass is 16.4. The maximum atomic E-state index is 13.7. The van der Waals surface area contributed by atoms with Crippen LogP contribution in [0, 0.1) is 0 Å². The number of nitrogens with one attached hydrogen (secondary N) is 1. The number of fused-ring (bicyclic) bond motifs is 3. The van der Waals surface area contributed by atoms with Crippen molar-refractivity contribution in [3.05, 3.63) is 40.3 Å². The van der Waals surface area contributed by atoms with Gasteiger partial charge in [0.1, 0.15) is 0 Å². The number of rotatable bonds is 6. The van der Waals surface area contributed by atoms with Crippen molar-refractivity contribution >= 4 is 22.9 Å². The molecule has 3 heterocycles. The molecule has 1 saturated carbocycles. The first kappa shape index (κ1) is 24.9. The molecule has 2 aliphatic heterocycles. The Kier molecular flexibility index (Phi) is 7.39. The second kappa shape index (κ2) is 10.7. The SMILES string of the molecule is O=C(NC(CO)C(=O)O)c1nc2ccccc2n(C2CC3CCC(C2)N3C2CCCCCCC2)c1=O. The molecule has 1 aromatic carbocycles. The molecule has 36 heavy (non-hydrogen) atoms. The van der Waals surface area contributed by atoms with Crippen LogP contribution in [0.2, 0.25) is 0 Å². The van der Waals surface area contributed by atoms with Gasteiger partial charge in [-0.1, -0.05) is 44.2 Å². The Morgan fingerprint density at radius 2 is 1.58 bits per heavy atom. The summed E-state index contributed by atoms with van der Waals surface area (Å²) in [5.41, 5.74) is 0.382. The minimum absolute atomic E-state index is 0.0487. The maximum Gasteiger partial charge on any atom is 0.328 e. The molecule has 3 aliphatic rings. The minimum Gasteiger partial charge on any atom is -0.480 e. The Bertz CT molecular complexity index is 1160. The van der Waals surface area contributed by atoms with Gasteiger partial charge < -0.3 is 20.1 Å². The monoisotopic (exact) mass is 496 g/mol. The molecule has 1 aromatic heterocycles. The Morgan fingerprint density at radius 1 is 0.944 bits per heavy atom. The molecule has 3 unspecified atom stereocenters. The Balaban J connectivity index is 1.46. The lowest BCUT2D eigenvalue weighted by Crippen LogP contribution is -2.51. The first-order chi connectivity index (χ1) is 17.5. The number of nitrogens with zero attached hydrogens (tertiary/aromatic N) is 3. The molecule has 194 valence electrons. The molecule has 0 radical (unpaired) electrons. The molecule has 3 atom stereocenters. The average Bonchev–Trinajstić information content (AvgIpc) is 3.10. The van der Waals surface area contributed by atoms with Crippen molar-refractivity contribution in [3.63, 3.8) is 0 Å². The van der Waals surface area contributed by atoms with E-state index >= 15 is 0 Å². The second-order valence-electron chi connectivity index (χ2n) is 10.6. The van der Waals surface area contributed by atoms with E-state index in [4.69, 9.17) is 0 Å². The number of hydrogen-bond acceptors (Lipinski definition) is 6. The van der Waals surface area contributed by atoms with Crippen LogP contribution in [-0.2, 0) is 4.79 Å². The number of aliphatic hydroxyl groups excluding tert-OH is 1. The average molecular weight is 497 g/mol. The lowest BCUT2D eigenvalue weighted by atomic mass is 9.89. The number of piperidine rings is 1. The van der Waals surface area contributed by atoms with E-state index in [1.807, 2.05) is 12.1 Å². The normalized spacial score (nSPS) is 26.3. The van der Waals surface area contributed by atoms with E-state index in [0.29, 0.717) is 29.2 Å². The summed E-state index contributed by atoms with van der Waals surface area (Å²) >= 11 is 0. The molecular formula is C27H36N4O5. The van der Waals surface area contributed by atoms with Gasteiger partial charge in [0.05, 0.1) is 17.6 Å². The molecule has 5 rings (SSSR count).